The molecule has 2 aromatic rings. The molecule has 2 atom stereocenters. The van der Waals surface area contributed by atoms with Gasteiger partial charge in [-0.25, -0.2) is 18.7 Å². The van der Waals surface area contributed by atoms with E-state index in [1.807, 2.05) is 0 Å². The third kappa shape index (κ3) is 4.00. The minimum absolute atomic E-state index is 0.0245. The molecule has 5 nitrogen and oxygen atoms in total. The number of hydrogen-bond acceptors (Lipinski definition) is 4. The molecule has 2 N–H and O–H groups in total. The average Bonchev–Trinajstić information content (AvgIpc) is 2.51. The molecule has 8 heteroatoms. The lowest BCUT2D eigenvalue weighted by Crippen LogP contribution is -2.37. The van der Waals surface area contributed by atoms with Crippen LogP contribution in [0, 0.1) is 18.6 Å². The first-order valence-corrected chi connectivity index (χ1v) is 7.10. The molecule has 0 fully saturated rings. The van der Waals surface area contributed by atoms with Gasteiger partial charge in [0.2, 0.25) is 0 Å². The van der Waals surface area contributed by atoms with Crippen LogP contribution in [0.5, 0.6) is 0 Å². The first-order valence-electron chi connectivity index (χ1n) is 6.72. The van der Waals surface area contributed by atoms with Crippen LogP contribution in [-0.4, -0.2) is 27.0 Å². The maximum Gasteiger partial charge on any atom is 0.271 e. The Morgan fingerprint density at radius 3 is 2.70 bits per heavy atom. The smallest absolute Gasteiger partial charge is 0.271 e. The summed E-state index contributed by atoms with van der Waals surface area (Å²) in [6.45, 7) is 3.12. The highest BCUT2D eigenvalue weighted by atomic mass is 35.5. The molecule has 1 amide bonds. The zero-order valence-electron chi connectivity index (χ0n) is 12.3. The summed E-state index contributed by atoms with van der Waals surface area (Å²) in [5, 5.41) is 12.7. The normalized spacial score (nSPS) is 13.5. The van der Waals surface area contributed by atoms with E-state index in [-0.39, 0.29) is 16.3 Å². The summed E-state index contributed by atoms with van der Waals surface area (Å²) in [5.41, 5.74) is 0.116. The minimum atomic E-state index is -1.23. The van der Waals surface area contributed by atoms with Gasteiger partial charge in [0, 0.05) is 0 Å². The van der Waals surface area contributed by atoms with Crippen molar-refractivity contribution < 1.29 is 18.7 Å². The van der Waals surface area contributed by atoms with E-state index in [4.69, 9.17) is 11.6 Å². The Balaban J connectivity index is 2.14. The number of carbonyl (C=O) groups is 1. The Morgan fingerprint density at radius 1 is 1.35 bits per heavy atom. The van der Waals surface area contributed by atoms with E-state index >= 15 is 0 Å². The third-order valence-electron chi connectivity index (χ3n) is 3.20. The van der Waals surface area contributed by atoms with Crippen LogP contribution >= 0.6 is 11.6 Å². The number of rotatable bonds is 4. The number of benzene rings is 1. The predicted octanol–water partition coefficient (Wildman–Crippen LogP) is 2.57. The van der Waals surface area contributed by atoms with Gasteiger partial charge in [0.1, 0.15) is 11.5 Å². The monoisotopic (exact) mass is 341 g/mol. The van der Waals surface area contributed by atoms with Gasteiger partial charge in [-0.05, 0) is 31.5 Å². The summed E-state index contributed by atoms with van der Waals surface area (Å²) in [6, 6.07) is 2.25. The van der Waals surface area contributed by atoms with Crippen LogP contribution in [0.1, 0.15) is 34.9 Å². The fraction of sp³-hybridized carbons (Fsp3) is 0.267. The molecule has 1 heterocycles. The number of aliphatic hydroxyl groups excluding tert-OH is 1. The quantitative estimate of drug-likeness (QED) is 0.896. The fourth-order valence-corrected chi connectivity index (χ4v) is 2.13. The van der Waals surface area contributed by atoms with E-state index in [0.717, 1.165) is 12.1 Å². The summed E-state index contributed by atoms with van der Waals surface area (Å²) in [6.07, 6.45) is 0.0747. The molecule has 0 saturated carbocycles. The molecule has 0 radical (unpaired) electrons. The lowest BCUT2D eigenvalue weighted by Gasteiger charge is -2.20. The highest BCUT2D eigenvalue weighted by Gasteiger charge is 2.22. The van der Waals surface area contributed by atoms with Crippen molar-refractivity contribution in [2.24, 2.45) is 0 Å². The number of hydrogen-bond donors (Lipinski definition) is 2. The highest BCUT2D eigenvalue weighted by Crippen LogP contribution is 2.20. The second-order valence-corrected chi connectivity index (χ2v) is 5.40. The van der Waals surface area contributed by atoms with Crippen LogP contribution in [0.25, 0.3) is 0 Å². The zero-order chi connectivity index (χ0) is 17.1. The summed E-state index contributed by atoms with van der Waals surface area (Å²) in [7, 11) is 0. The summed E-state index contributed by atoms with van der Waals surface area (Å²) in [4.78, 5) is 19.9. The minimum Gasteiger partial charge on any atom is -0.386 e. The van der Waals surface area contributed by atoms with E-state index in [9.17, 15) is 18.7 Å². The molecule has 2 unspecified atom stereocenters. The Morgan fingerprint density at radius 2 is 2.04 bits per heavy atom. The maximum atomic E-state index is 13.2. The number of aromatic nitrogens is 2. The van der Waals surface area contributed by atoms with Gasteiger partial charge in [-0.3, -0.25) is 4.79 Å². The largest absolute Gasteiger partial charge is 0.386 e. The molecule has 0 bridgehead atoms. The standard InChI is InChI=1S/C15H14ClF2N3O2/c1-7(14(22)9-3-4-11(17)12(18)5-9)20-15(23)13-10(16)6-19-8(2)21-13/h3-7,14,22H,1-2H3,(H,20,23). The van der Waals surface area contributed by atoms with E-state index in [1.54, 1.807) is 6.92 Å². The van der Waals surface area contributed by atoms with Crippen LogP contribution in [0.15, 0.2) is 24.4 Å². The van der Waals surface area contributed by atoms with Gasteiger partial charge < -0.3 is 10.4 Å². The molecule has 0 aliphatic rings. The summed E-state index contributed by atoms with van der Waals surface area (Å²) < 4.78 is 26.1. The second-order valence-electron chi connectivity index (χ2n) is 4.99. The number of amides is 1. The summed E-state index contributed by atoms with van der Waals surface area (Å²) >= 11 is 5.87. The molecule has 0 saturated heterocycles. The molecule has 1 aromatic heterocycles. The number of carbonyl (C=O) groups excluding carboxylic acids is 1. The Bertz CT molecular complexity index is 743. The van der Waals surface area contributed by atoms with E-state index in [1.165, 1.54) is 19.2 Å². The van der Waals surface area contributed by atoms with Crippen molar-refractivity contribution in [1.29, 1.82) is 0 Å². The Hall–Kier alpha value is -2.12. The SMILES string of the molecule is Cc1ncc(Cl)c(C(=O)NC(C)C(O)c2ccc(F)c(F)c2)n1. The van der Waals surface area contributed by atoms with Gasteiger partial charge in [0.25, 0.3) is 5.91 Å². The lowest BCUT2D eigenvalue weighted by atomic mass is 10.0. The number of halogens is 3. The molecule has 0 spiro atoms. The lowest BCUT2D eigenvalue weighted by molar-refractivity contribution is 0.0846. The van der Waals surface area contributed by atoms with Crippen LogP contribution < -0.4 is 5.32 Å². The first kappa shape index (κ1) is 17.2. The molecule has 0 aliphatic heterocycles. The van der Waals surface area contributed by atoms with Crippen LogP contribution in [0.2, 0.25) is 5.02 Å². The van der Waals surface area contributed by atoms with E-state index < -0.39 is 29.7 Å². The average molecular weight is 342 g/mol. The number of nitrogens with one attached hydrogen (secondary N) is 1. The maximum absolute atomic E-state index is 13.2. The summed E-state index contributed by atoms with van der Waals surface area (Å²) in [5.74, 6) is -2.32. The number of nitrogens with zero attached hydrogens (tertiary/aromatic N) is 2. The van der Waals surface area contributed by atoms with E-state index in [0.29, 0.717) is 5.82 Å². The fourth-order valence-electron chi connectivity index (χ4n) is 1.95. The first-order chi connectivity index (χ1) is 10.8. The van der Waals surface area contributed by atoms with Crippen LogP contribution in [-0.2, 0) is 0 Å². The Labute approximate surface area is 136 Å². The molecule has 2 rings (SSSR count). The van der Waals surface area contributed by atoms with Crippen molar-refractivity contribution in [3.8, 4) is 0 Å². The van der Waals surface area contributed by atoms with Crippen molar-refractivity contribution >= 4 is 17.5 Å². The molecule has 122 valence electrons. The van der Waals surface area contributed by atoms with Crippen molar-refractivity contribution in [3.63, 3.8) is 0 Å². The third-order valence-corrected chi connectivity index (χ3v) is 3.47. The topological polar surface area (TPSA) is 75.1 Å². The Kier molecular flexibility index (Phi) is 5.23. The van der Waals surface area contributed by atoms with Gasteiger partial charge in [0.05, 0.1) is 23.4 Å². The number of aliphatic hydroxyl groups is 1. The molecule has 23 heavy (non-hydrogen) atoms. The molecule has 1 aromatic carbocycles. The van der Waals surface area contributed by atoms with Gasteiger partial charge >= 0.3 is 0 Å². The van der Waals surface area contributed by atoms with Crippen molar-refractivity contribution in [2.45, 2.75) is 26.0 Å². The van der Waals surface area contributed by atoms with Gasteiger partial charge in [-0.15, -0.1) is 0 Å². The van der Waals surface area contributed by atoms with Crippen molar-refractivity contribution in [3.05, 3.63) is 58.1 Å². The van der Waals surface area contributed by atoms with Gasteiger partial charge in [-0.2, -0.15) is 0 Å². The van der Waals surface area contributed by atoms with Crippen LogP contribution in [0.4, 0.5) is 8.78 Å². The molecular weight excluding hydrogens is 328 g/mol. The van der Waals surface area contributed by atoms with E-state index in [2.05, 4.69) is 15.3 Å². The number of aryl methyl sites for hydroxylation is 1. The predicted molar refractivity (Wildman–Crippen MR) is 80.0 cm³/mol. The molecule has 0 aliphatic carbocycles. The van der Waals surface area contributed by atoms with Gasteiger partial charge in [0.15, 0.2) is 11.6 Å². The van der Waals surface area contributed by atoms with Gasteiger partial charge in [-0.1, -0.05) is 17.7 Å². The van der Waals surface area contributed by atoms with Crippen molar-refractivity contribution in [2.75, 3.05) is 0 Å². The zero-order valence-corrected chi connectivity index (χ0v) is 13.1. The van der Waals surface area contributed by atoms with Crippen LogP contribution in [0.3, 0.4) is 0 Å². The highest BCUT2D eigenvalue weighted by molar-refractivity contribution is 6.33. The molecular formula is C15H14ClF2N3O2. The van der Waals surface area contributed by atoms with Crippen molar-refractivity contribution in [1.82, 2.24) is 15.3 Å². The second kappa shape index (κ2) is 6.97.